The van der Waals surface area contributed by atoms with Gasteiger partial charge in [-0.05, 0) is 6.07 Å². The van der Waals surface area contributed by atoms with E-state index in [1.54, 1.807) is 11.9 Å². The molecule has 0 saturated heterocycles. The summed E-state index contributed by atoms with van der Waals surface area (Å²) in [5, 5.41) is 30.0. The highest BCUT2D eigenvalue weighted by Gasteiger charge is 2.36. The van der Waals surface area contributed by atoms with Crippen molar-refractivity contribution in [3.8, 4) is 11.5 Å². The van der Waals surface area contributed by atoms with Gasteiger partial charge in [0.25, 0.3) is 0 Å². The predicted molar refractivity (Wildman–Crippen MR) is 96.6 cm³/mol. The SMILES string of the molecule is CN(CCO)c1nc2cc(O)c3c(c2s1)C(=O)c1cccc(O)c1C3=O. The number of rotatable bonds is 3. The van der Waals surface area contributed by atoms with Crippen LogP contribution in [0.1, 0.15) is 31.8 Å². The van der Waals surface area contributed by atoms with E-state index in [4.69, 9.17) is 5.11 Å². The molecule has 132 valence electrons. The number of fused-ring (bicyclic) bond motifs is 4. The van der Waals surface area contributed by atoms with E-state index < -0.39 is 11.6 Å². The average Bonchev–Trinajstić information content (AvgIpc) is 3.02. The van der Waals surface area contributed by atoms with E-state index in [9.17, 15) is 19.8 Å². The van der Waals surface area contributed by atoms with Crippen LogP contribution in [0.15, 0.2) is 24.3 Å². The summed E-state index contributed by atoms with van der Waals surface area (Å²) >= 11 is 1.21. The van der Waals surface area contributed by atoms with Crippen LogP contribution in [-0.4, -0.2) is 52.1 Å². The second-order valence-electron chi connectivity index (χ2n) is 5.99. The molecule has 3 aromatic rings. The summed E-state index contributed by atoms with van der Waals surface area (Å²) < 4.78 is 0.491. The molecule has 1 aliphatic rings. The summed E-state index contributed by atoms with van der Waals surface area (Å²) in [4.78, 5) is 32.0. The molecule has 0 radical (unpaired) electrons. The van der Waals surface area contributed by atoms with E-state index >= 15 is 0 Å². The summed E-state index contributed by atoms with van der Waals surface area (Å²) in [6, 6.07) is 5.65. The number of aliphatic hydroxyl groups is 1. The van der Waals surface area contributed by atoms with Crippen LogP contribution in [0.2, 0.25) is 0 Å². The van der Waals surface area contributed by atoms with Crippen molar-refractivity contribution in [1.82, 2.24) is 4.98 Å². The minimum Gasteiger partial charge on any atom is -0.507 e. The van der Waals surface area contributed by atoms with Crippen molar-refractivity contribution in [3.63, 3.8) is 0 Å². The molecule has 0 bridgehead atoms. The first-order valence-electron chi connectivity index (χ1n) is 7.84. The number of nitrogens with zero attached hydrogens (tertiary/aromatic N) is 2. The van der Waals surface area contributed by atoms with Crippen LogP contribution in [0.3, 0.4) is 0 Å². The minimum absolute atomic E-state index is 0.0557. The van der Waals surface area contributed by atoms with Gasteiger partial charge in [-0.1, -0.05) is 23.5 Å². The molecule has 4 rings (SSSR count). The zero-order chi connectivity index (χ0) is 18.6. The number of thiazole rings is 1. The van der Waals surface area contributed by atoms with Gasteiger partial charge in [0, 0.05) is 25.2 Å². The number of aliphatic hydroxyl groups excluding tert-OH is 1. The van der Waals surface area contributed by atoms with Gasteiger partial charge in [0.15, 0.2) is 10.9 Å². The third-order valence-corrected chi connectivity index (χ3v) is 5.58. The summed E-state index contributed by atoms with van der Waals surface area (Å²) in [7, 11) is 1.75. The number of aromatic hydroxyl groups is 2. The van der Waals surface area contributed by atoms with Gasteiger partial charge >= 0.3 is 0 Å². The summed E-state index contributed by atoms with van der Waals surface area (Å²) in [5.74, 6) is -1.67. The van der Waals surface area contributed by atoms with Crippen LogP contribution in [0.4, 0.5) is 5.13 Å². The number of phenolic OH excluding ortho intramolecular Hbond substituents is 2. The van der Waals surface area contributed by atoms with Gasteiger partial charge in [-0.2, -0.15) is 0 Å². The molecule has 0 spiro atoms. The molecular weight excluding hydrogens is 356 g/mol. The Morgan fingerprint density at radius 3 is 2.58 bits per heavy atom. The van der Waals surface area contributed by atoms with Gasteiger partial charge in [-0.25, -0.2) is 4.98 Å². The number of ketones is 2. The number of likely N-dealkylation sites (N-methyl/N-ethyl adjacent to an activating group) is 1. The molecule has 26 heavy (non-hydrogen) atoms. The maximum absolute atomic E-state index is 13.0. The van der Waals surface area contributed by atoms with Crippen molar-refractivity contribution in [2.24, 2.45) is 0 Å². The number of carbonyl (C=O) groups is 2. The normalized spacial score (nSPS) is 13.0. The summed E-state index contributed by atoms with van der Waals surface area (Å²) in [6.45, 7) is 0.303. The topological polar surface area (TPSA) is 111 Å². The molecule has 7 nitrogen and oxygen atoms in total. The Balaban J connectivity index is 2.01. The molecule has 0 aliphatic heterocycles. The lowest BCUT2D eigenvalue weighted by Gasteiger charge is -2.19. The fourth-order valence-electron chi connectivity index (χ4n) is 3.12. The Morgan fingerprint density at radius 2 is 1.85 bits per heavy atom. The molecule has 1 heterocycles. The smallest absolute Gasteiger partial charge is 0.202 e. The lowest BCUT2D eigenvalue weighted by Crippen LogP contribution is -2.21. The molecule has 3 N–H and O–H groups in total. The average molecular weight is 370 g/mol. The molecule has 0 amide bonds. The van der Waals surface area contributed by atoms with Crippen LogP contribution < -0.4 is 4.90 Å². The first-order valence-corrected chi connectivity index (χ1v) is 8.65. The Morgan fingerprint density at radius 1 is 1.08 bits per heavy atom. The molecule has 0 saturated carbocycles. The van der Waals surface area contributed by atoms with Gasteiger partial charge in [0.2, 0.25) is 5.78 Å². The number of carbonyl (C=O) groups excluding carboxylic acids is 2. The largest absolute Gasteiger partial charge is 0.507 e. The van der Waals surface area contributed by atoms with Crippen LogP contribution in [0, 0.1) is 0 Å². The minimum atomic E-state index is -0.592. The van der Waals surface area contributed by atoms with Crippen LogP contribution in [0.5, 0.6) is 11.5 Å². The zero-order valence-corrected chi connectivity index (χ0v) is 14.5. The number of anilines is 1. The summed E-state index contributed by atoms with van der Waals surface area (Å²) in [6.07, 6.45) is 0. The molecular formula is C18H14N2O5S. The maximum Gasteiger partial charge on any atom is 0.202 e. The van der Waals surface area contributed by atoms with Crippen molar-refractivity contribution in [3.05, 3.63) is 46.5 Å². The monoisotopic (exact) mass is 370 g/mol. The number of hydrogen-bond donors (Lipinski definition) is 3. The lowest BCUT2D eigenvalue weighted by atomic mass is 9.83. The molecule has 0 atom stereocenters. The Bertz CT molecular complexity index is 1090. The quantitative estimate of drug-likeness (QED) is 0.505. The van der Waals surface area contributed by atoms with Crippen LogP contribution in [-0.2, 0) is 0 Å². The first-order chi connectivity index (χ1) is 12.4. The highest BCUT2D eigenvalue weighted by Crippen LogP contribution is 2.43. The predicted octanol–water partition coefficient (Wildman–Crippen LogP) is 1.91. The molecule has 1 aliphatic carbocycles. The third-order valence-electron chi connectivity index (χ3n) is 4.38. The first kappa shape index (κ1) is 16.5. The molecule has 8 heteroatoms. The van der Waals surface area contributed by atoms with Gasteiger partial charge in [0.05, 0.1) is 33.5 Å². The van der Waals surface area contributed by atoms with E-state index in [0.29, 0.717) is 21.9 Å². The van der Waals surface area contributed by atoms with Crippen molar-refractivity contribution in [2.75, 3.05) is 25.1 Å². The Labute approximate surface area is 151 Å². The van der Waals surface area contributed by atoms with Crippen molar-refractivity contribution >= 4 is 38.3 Å². The lowest BCUT2D eigenvalue weighted by molar-refractivity contribution is 0.0975. The second kappa shape index (κ2) is 5.79. The maximum atomic E-state index is 13.0. The number of phenols is 2. The van der Waals surface area contributed by atoms with Crippen molar-refractivity contribution in [2.45, 2.75) is 0 Å². The standard InChI is InChI=1S/C18H14N2O5S/c1-20(5-6-21)18-19-9-7-11(23)13-14(17(9)26-18)15(24)8-3-2-4-10(22)12(8)16(13)25/h2-4,7,21-23H,5-6H2,1H3. The van der Waals surface area contributed by atoms with Crippen molar-refractivity contribution < 1.29 is 24.9 Å². The molecule has 2 aromatic carbocycles. The number of benzene rings is 2. The summed E-state index contributed by atoms with van der Waals surface area (Å²) in [5.41, 5.74) is 0.395. The Hall–Kier alpha value is -2.97. The van der Waals surface area contributed by atoms with Crippen molar-refractivity contribution in [1.29, 1.82) is 0 Å². The van der Waals surface area contributed by atoms with E-state index in [2.05, 4.69) is 4.98 Å². The highest BCUT2D eigenvalue weighted by atomic mass is 32.1. The molecule has 1 aromatic heterocycles. The zero-order valence-electron chi connectivity index (χ0n) is 13.7. The number of hydrogen-bond acceptors (Lipinski definition) is 8. The Kier molecular flexibility index (Phi) is 3.67. The van der Waals surface area contributed by atoms with Crippen LogP contribution >= 0.6 is 11.3 Å². The number of aromatic nitrogens is 1. The third kappa shape index (κ3) is 2.19. The fraction of sp³-hybridized carbons (Fsp3) is 0.167. The molecule has 0 unspecified atom stereocenters. The van der Waals surface area contributed by atoms with Crippen LogP contribution in [0.25, 0.3) is 10.2 Å². The molecule has 0 fully saturated rings. The van der Waals surface area contributed by atoms with E-state index in [0.717, 1.165) is 0 Å². The second-order valence-corrected chi connectivity index (χ2v) is 6.97. The van der Waals surface area contributed by atoms with Gasteiger partial charge < -0.3 is 20.2 Å². The van der Waals surface area contributed by atoms with E-state index in [1.807, 2.05) is 0 Å². The van der Waals surface area contributed by atoms with Gasteiger partial charge in [0.1, 0.15) is 11.5 Å². The van der Waals surface area contributed by atoms with Gasteiger partial charge in [-0.3, -0.25) is 9.59 Å². The van der Waals surface area contributed by atoms with E-state index in [-0.39, 0.29) is 40.4 Å². The van der Waals surface area contributed by atoms with E-state index in [1.165, 1.54) is 35.6 Å². The fourth-order valence-corrected chi connectivity index (χ4v) is 4.20. The van der Waals surface area contributed by atoms with Gasteiger partial charge in [-0.15, -0.1) is 0 Å². The highest BCUT2D eigenvalue weighted by molar-refractivity contribution is 7.22.